The lowest BCUT2D eigenvalue weighted by molar-refractivity contribution is 0.414. The van der Waals surface area contributed by atoms with E-state index >= 15 is 0 Å². The second kappa shape index (κ2) is 9.52. The Morgan fingerprint density at radius 2 is 1.97 bits per heavy atom. The molecule has 4 aromatic rings. The molecule has 0 aliphatic carbocycles. The molecule has 5 rings (SSSR count). The van der Waals surface area contributed by atoms with E-state index in [0.29, 0.717) is 6.54 Å². The van der Waals surface area contributed by atoms with Gasteiger partial charge in [0.25, 0.3) is 0 Å². The first-order valence-electron chi connectivity index (χ1n) is 11.5. The predicted molar refractivity (Wildman–Crippen MR) is 137 cm³/mol. The molecule has 0 spiro atoms. The molecule has 8 heteroatoms. The zero-order valence-electron chi connectivity index (χ0n) is 19.4. The van der Waals surface area contributed by atoms with Gasteiger partial charge in [-0.15, -0.1) is 0 Å². The fourth-order valence-corrected chi connectivity index (χ4v) is 5.12. The van der Waals surface area contributed by atoms with E-state index in [2.05, 4.69) is 21.3 Å². The third-order valence-corrected chi connectivity index (χ3v) is 6.76. The van der Waals surface area contributed by atoms with Gasteiger partial charge in [-0.05, 0) is 80.5 Å². The number of halogens is 1. The van der Waals surface area contributed by atoms with Gasteiger partial charge in [0, 0.05) is 30.0 Å². The number of aromatic nitrogens is 3. The number of anilines is 1. The lowest BCUT2D eigenvalue weighted by Gasteiger charge is -2.28. The SMILES string of the molecule is CNCCCN1c2ccc(Cl)cc2CC1Cn1c(=O)n(-c2ccc(OC)cc2)c2ccncc21. The van der Waals surface area contributed by atoms with Crippen LogP contribution in [0.15, 0.2) is 65.7 Å². The number of pyridine rings is 1. The maximum atomic E-state index is 13.7. The maximum absolute atomic E-state index is 13.7. The largest absolute Gasteiger partial charge is 0.497 e. The summed E-state index contributed by atoms with van der Waals surface area (Å²) in [5, 5.41) is 3.97. The molecular formula is C26H28ClN5O2. The fourth-order valence-electron chi connectivity index (χ4n) is 4.92. The van der Waals surface area contributed by atoms with Crippen molar-refractivity contribution >= 4 is 28.3 Å². The van der Waals surface area contributed by atoms with E-state index in [4.69, 9.17) is 16.3 Å². The van der Waals surface area contributed by atoms with Crippen molar-refractivity contribution in [1.82, 2.24) is 19.4 Å². The number of fused-ring (bicyclic) bond motifs is 2. The number of hydrogen-bond acceptors (Lipinski definition) is 5. The number of ether oxygens (including phenoxy) is 1. The Balaban J connectivity index is 1.54. The van der Waals surface area contributed by atoms with Crippen LogP contribution in [-0.4, -0.2) is 47.4 Å². The molecule has 0 bridgehead atoms. The van der Waals surface area contributed by atoms with Crippen LogP contribution in [0.1, 0.15) is 12.0 Å². The van der Waals surface area contributed by atoms with Crippen LogP contribution in [0.25, 0.3) is 16.7 Å². The van der Waals surface area contributed by atoms with Gasteiger partial charge in [-0.1, -0.05) is 11.6 Å². The van der Waals surface area contributed by atoms with E-state index in [9.17, 15) is 4.79 Å². The summed E-state index contributed by atoms with van der Waals surface area (Å²) < 4.78 is 8.89. The monoisotopic (exact) mass is 477 g/mol. The summed E-state index contributed by atoms with van der Waals surface area (Å²) in [5.74, 6) is 0.752. The number of benzene rings is 2. The van der Waals surface area contributed by atoms with Gasteiger partial charge >= 0.3 is 5.69 Å². The van der Waals surface area contributed by atoms with Crippen molar-refractivity contribution < 1.29 is 4.74 Å². The summed E-state index contributed by atoms with van der Waals surface area (Å²) in [4.78, 5) is 20.5. The molecule has 1 unspecified atom stereocenters. The lowest BCUT2D eigenvalue weighted by Crippen LogP contribution is -2.39. The Labute approximate surface area is 203 Å². The van der Waals surface area contributed by atoms with E-state index in [-0.39, 0.29) is 11.7 Å². The molecule has 2 aromatic carbocycles. The van der Waals surface area contributed by atoms with E-state index < -0.39 is 0 Å². The molecule has 0 saturated heterocycles. The smallest absolute Gasteiger partial charge is 0.333 e. The van der Waals surface area contributed by atoms with Gasteiger partial charge in [0.15, 0.2) is 0 Å². The van der Waals surface area contributed by atoms with Gasteiger partial charge in [0.1, 0.15) is 5.75 Å². The van der Waals surface area contributed by atoms with E-state index in [1.165, 1.54) is 11.3 Å². The molecule has 0 fully saturated rings. The summed E-state index contributed by atoms with van der Waals surface area (Å²) in [7, 11) is 3.60. The van der Waals surface area contributed by atoms with Gasteiger partial charge in [-0.25, -0.2) is 4.79 Å². The minimum absolute atomic E-state index is 0.0719. The van der Waals surface area contributed by atoms with Crippen molar-refractivity contribution in [3.63, 3.8) is 0 Å². The minimum Gasteiger partial charge on any atom is -0.497 e. The van der Waals surface area contributed by atoms with Crippen LogP contribution < -0.4 is 20.6 Å². The average molecular weight is 478 g/mol. The molecule has 0 saturated carbocycles. The maximum Gasteiger partial charge on any atom is 0.333 e. The van der Waals surface area contributed by atoms with Crippen LogP contribution in [-0.2, 0) is 13.0 Å². The molecule has 34 heavy (non-hydrogen) atoms. The normalized spacial score (nSPS) is 15.1. The van der Waals surface area contributed by atoms with Crippen molar-refractivity contribution in [3.8, 4) is 11.4 Å². The summed E-state index contributed by atoms with van der Waals surface area (Å²) >= 11 is 6.30. The van der Waals surface area contributed by atoms with Crippen molar-refractivity contribution in [1.29, 1.82) is 0 Å². The number of nitrogens with one attached hydrogen (secondary N) is 1. The van der Waals surface area contributed by atoms with Gasteiger partial charge in [-0.3, -0.25) is 14.1 Å². The van der Waals surface area contributed by atoms with Crippen LogP contribution in [0.3, 0.4) is 0 Å². The van der Waals surface area contributed by atoms with Gasteiger partial charge in [0.2, 0.25) is 0 Å². The molecule has 0 amide bonds. The summed E-state index contributed by atoms with van der Waals surface area (Å²) in [6.45, 7) is 2.41. The van der Waals surface area contributed by atoms with Gasteiger partial charge in [0.05, 0.1) is 36.1 Å². The third kappa shape index (κ3) is 4.06. The Morgan fingerprint density at radius 3 is 2.74 bits per heavy atom. The molecule has 1 N–H and O–H groups in total. The summed E-state index contributed by atoms with van der Waals surface area (Å²) in [5.41, 5.74) is 4.82. The first-order valence-corrected chi connectivity index (χ1v) is 11.9. The van der Waals surface area contributed by atoms with Crippen LogP contribution in [0.5, 0.6) is 5.75 Å². The standard InChI is InChI=1S/C26H28ClN5O2/c1-28-11-3-13-30-21(15-18-14-19(27)4-9-23(18)30)17-31-25-16-29-12-10-24(25)32(26(31)33)20-5-7-22(34-2)8-6-20/h4-10,12,14,16,21,28H,3,11,13,15,17H2,1-2H3. The Kier molecular flexibility index (Phi) is 6.30. The molecule has 3 heterocycles. The molecule has 1 atom stereocenters. The lowest BCUT2D eigenvalue weighted by atomic mass is 10.1. The highest BCUT2D eigenvalue weighted by atomic mass is 35.5. The summed E-state index contributed by atoms with van der Waals surface area (Å²) in [6, 6.07) is 15.7. The first kappa shape index (κ1) is 22.5. The number of methoxy groups -OCH3 is 1. The number of rotatable bonds is 8. The van der Waals surface area contributed by atoms with Crippen LogP contribution in [0.2, 0.25) is 5.02 Å². The predicted octanol–water partition coefficient (Wildman–Crippen LogP) is 3.89. The summed E-state index contributed by atoms with van der Waals surface area (Å²) in [6.07, 6.45) is 5.36. The molecule has 2 aromatic heterocycles. The van der Waals surface area contributed by atoms with Crippen molar-refractivity contribution in [3.05, 3.63) is 82.0 Å². The van der Waals surface area contributed by atoms with Crippen LogP contribution in [0.4, 0.5) is 5.69 Å². The number of imidazole rings is 1. The van der Waals surface area contributed by atoms with Crippen LogP contribution in [0, 0.1) is 0 Å². The molecule has 7 nitrogen and oxygen atoms in total. The number of nitrogens with zero attached hydrogens (tertiary/aromatic N) is 4. The highest BCUT2D eigenvalue weighted by Gasteiger charge is 2.30. The molecule has 0 radical (unpaired) electrons. The van der Waals surface area contributed by atoms with E-state index in [1.807, 2.05) is 54.1 Å². The second-order valence-electron chi connectivity index (χ2n) is 8.57. The molecule has 1 aliphatic rings. The Bertz CT molecular complexity index is 1360. The van der Waals surface area contributed by atoms with Crippen molar-refractivity contribution in [2.75, 3.05) is 32.1 Å². The quantitative estimate of drug-likeness (QED) is 0.390. The fraction of sp³-hybridized carbons (Fsp3) is 0.308. The topological polar surface area (TPSA) is 64.3 Å². The van der Waals surface area contributed by atoms with Crippen molar-refractivity contribution in [2.24, 2.45) is 0 Å². The van der Waals surface area contributed by atoms with Crippen molar-refractivity contribution in [2.45, 2.75) is 25.4 Å². The van der Waals surface area contributed by atoms with Gasteiger partial charge in [-0.2, -0.15) is 0 Å². The minimum atomic E-state index is -0.0719. The number of hydrogen-bond donors (Lipinski definition) is 1. The second-order valence-corrected chi connectivity index (χ2v) is 9.01. The average Bonchev–Trinajstić information content (AvgIpc) is 3.33. The molecule has 1 aliphatic heterocycles. The van der Waals surface area contributed by atoms with E-state index in [0.717, 1.165) is 53.4 Å². The van der Waals surface area contributed by atoms with E-state index in [1.54, 1.807) is 24.1 Å². The van der Waals surface area contributed by atoms with Gasteiger partial charge < -0.3 is 15.0 Å². The Hall–Kier alpha value is -3.29. The molecular weight excluding hydrogens is 450 g/mol. The highest BCUT2D eigenvalue weighted by molar-refractivity contribution is 6.30. The Morgan fingerprint density at radius 1 is 1.15 bits per heavy atom. The van der Waals surface area contributed by atoms with Crippen LogP contribution >= 0.6 is 11.6 Å². The first-order chi connectivity index (χ1) is 16.6. The highest BCUT2D eigenvalue weighted by Crippen LogP contribution is 2.35. The molecule has 176 valence electrons. The third-order valence-electron chi connectivity index (χ3n) is 6.53. The zero-order valence-corrected chi connectivity index (χ0v) is 20.1. The zero-order chi connectivity index (χ0) is 23.7.